The molecule has 0 aromatic carbocycles. The van der Waals surface area contributed by atoms with E-state index in [2.05, 4.69) is 10.4 Å². The molecular weight excluding hydrogens is 263 g/mol. The fraction of sp³-hybridized carbons (Fsp3) is 0.455. The molecule has 1 aliphatic carbocycles. The molecule has 1 fully saturated rings. The molecule has 1 aromatic rings. The Morgan fingerprint density at radius 3 is 2.68 bits per heavy atom. The number of aliphatic hydroxyl groups is 1. The first-order valence-electron chi connectivity index (χ1n) is 5.63. The Morgan fingerprint density at radius 2 is 2.16 bits per heavy atom. The van der Waals surface area contributed by atoms with E-state index in [1.54, 1.807) is 5.43 Å². The molecule has 1 amide bonds. The van der Waals surface area contributed by atoms with Crippen LogP contribution >= 0.6 is 0 Å². The molecule has 1 saturated carbocycles. The fourth-order valence-electron chi connectivity index (χ4n) is 1.72. The van der Waals surface area contributed by atoms with Crippen molar-refractivity contribution >= 4 is 11.6 Å². The van der Waals surface area contributed by atoms with Crippen molar-refractivity contribution in [3.05, 3.63) is 24.3 Å². The van der Waals surface area contributed by atoms with Crippen LogP contribution in [0.2, 0.25) is 0 Å². The summed E-state index contributed by atoms with van der Waals surface area (Å²) in [5, 5.41) is 9.54. The van der Waals surface area contributed by atoms with Gasteiger partial charge in [-0.05, 0) is 25.3 Å². The Morgan fingerprint density at radius 1 is 1.47 bits per heavy atom. The van der Waals surface area contributed by atoms with Crippen LogP contribution in [0, 0.1) is 5.95 Å². The predicted octanol–water partition coefficient (Wildman–Crippen LogP) is 1.21. The second-order valence-electron chi connectivity index (χ2n) is 4.41. The Hall–Kier alpha value is -1.83. The Kier molecular flexibility index (Phi) is 3.36. The van der Waals surface area contributed by atoms with Crippen LogP contribution in [0.25, 0.3) is 0 Å². The monoisotopic (exact) mass is 275 g/mol. The molecule has 8 heteroatoms. The number of alkyl halides is 2. The van der Waals surface area contributed by atoms with E-state index in [0.29, 0.717) is 6.42 Å². The lowest BCUT2D eigenvalue weighted by atomic mass is 9.75. The highest BCUT2D eigenvalue weighted by Gasteiger charge is 2.61. The van der Waals surface area contributed by atoms with Gasteiger partial charge in [-0.1, -0.05) is 0 Å². The second-order valence-corrected chi connectivity index (χ2v) is 4.41. The van der Waals surface area contributed by atoms with E-state index < -0.39 is 23.4 Å². The highest BCUT2D eigenvalue weighted by Crippen LogP contribution is 2.44. The summed E-state index contributed by atoms with van der Waals surface area (Å²) in [7, 11) is 0. The molecule has 5 nitrogen and oxygen atoms in total. The van der Waals surface area contributed by atoms with Gasteiger partial charge < -0.3 is 5.11 Å². The first kappa shape index (κ1) is 13.6. The maximum Gasteiger partial charge on any atom is 0.354 e. The van der Waals surface area contributed by atoms with E-state index in [-0.39, 0.29) is 18.5 Å². The maximum atomic E-state index is 13.6. The highest BCUT2D eigenvalue weighted by molar-refractivity contribution is 5.86. The summed E-state index contributed by atoms with van der Waals surface area (Å²) in [5.41, 5.74) is 1.67. The Labute approximate surface area is 106 Å². The number of hydrazine groups is 1. The number of amides is 1. The van der Waals surface area contributed by atoms with Crippen molar-refractivity contribution in [2.75, 3.05) is 5.43 Å². The second kappa shape index (κ2) is 4.69. The number of hydrogen-bond donors (Lipinski definition) is 3. The van der Waals surface area contributed by atoms with E-state index in [1.807, 2.05) is 0 Å². The number of aromatic nitrogens is 1. The van der Waals surface area contributed by atoms with Gasteiger partial charge in [0.15, 0.2) is 0 Å². The van der Waals surface area contributed by atoms with Gasteiger partial charge in [-0.25, -0.2) is 4.98 Å². The third-order valence-corrected chi connectivity index (χ3v) is 3.10. The standard InChI is InChI=1S/C11H12F3N3O2/c12-8-6-7(2-5-15-8)16-17-9(18)11(13,14)10(19)3-1-4-10/h2,5-6,19H,1,3-4H2,(H,15,16)(H,17,18). The molecule has 1 aromatic heterocycles. The van der Waals surface area contributed by atoms with Gasteiger partial charge in [0.2, 0.25) is 5.95 Å². The molecule has 0 radical (unpaired) electrons. The van der Waals surface area contributed by atoms with Crippen molar-refractivity contribution in [1.29, 1.82) is 0 Å². The lowest BCUT2D eigenvalue weighted by Crippen LogP contribution is -2.61. The van der Waals surface area contributed by atoms with E-state index in [4.69, 9.17) is 0 Å². The zero-order chi connectivity index (χ0) is 14.1. The van der Waals surface area contributed by atoms with Gasteiger partial charge in [0.25, 0.3) is 0 Å². The topological polar surface area (TPSA) is 74.2 Å². The van der Waals surface area contributed by atoms with Gasteiger partial charge in [0, 0.05) is 12.3 Å². The van der Waals surface area contributed by atoms with Gasteiger partial charge in [-0.15, -0.1) is 0 Å². The molecule has 1 aliphatic rings. The average molecular weight is 275 g/mol. The highest BCUT2D eigenvalue weighted by atomic mass is 19.3. The smallest absolute Gasteiger partial charge is 0.354 e. The first-order chi connectivity index (χ1) is 8.85. The number of pyridine rings is 1. The van der Waals surface area contributed by atoms with Crippen molar-refractivity contribution in [3.8, 4) is 0 Å². The number of halogens is 3. The summed E-state index contributed by atoms with van der Waals surface area (Å²) in [6.07, 6.45) is 1.30. The van der Waals surface area contributed by atoms with Crippen LogP contribution < -0.4 is 10.9 Å². The number of anilines is 1. The minimum absolute atomic E-state index is 0.0669. The van der Waals surface area contributed by atoms with Crippen LogP contribution in [-0.4, -0.2) is 27.5 Å². The third kappa shape index (κ3) is 2.48. The summed E-state index contributed by atoms with van der Waals surface area (Å²) in [4.78, 5) is 14.6. The van der Waals surface area contributed by atoms with Crippen LogP contribution in [0.3, 0.4) is 0 Å². The number of carbonyl (C=O) groups excluding carboxylic acids is 1. The summed E-state index contributed by atoms with van der Waals surface area (Å²) >= 11 is 0. The average Bonchev–Trinajstić information content (AvgIpc) is 2.32. The van der Waals surface area contributed by atoms with E-state index in [1.165, 1.54) is 6.07 Å². The van der Waals surface area contributed by atoms with Gasteiger partial charge in [0.05, 0.1) is 5.69 Å². The minimum atomic E-state index is -3.90. The normalized spacial score (nSPS) is 17.5. The van der Waals surface area contributed by atoms with E-state index in [0.717, 1.165) is 12.3 Å². The molecular formula is C11H12F3N3O2. The molecule has 19 heavy (non-hydrogen) atoms. The summed E-state index contributed by atoms with van der Waals surface area (Å²) in [6.45, 7) is 0. The van der Waals surface area contributed by atoms with Crippen LogP contribution in [-0.2, 0) is 4.79 Å². The zero-order valence-electron chi connectivity index (χ0n) is 9.79. The summed E-state index contributed by atoms with van der Waals surface area (Å²) in [5.74, 6) is -6.38. The number of hydrogen-bond acceptors (Lipinski definition) is 4. The van der Waals surface area contributed by atoms with Gasteiger partial charge in [-0.2, -0.15) is 13.2 Å². The molecule has 0 saturated heterocycles. The van der Waals surface area contributed by atoms with Crippen molar-refractivity contribution in [1.82, 2.24) is 10.4 Å². The maximum absolute atomic E-state index is 13.6. The summed E-state index contributed by atoms with van der Waals surface area (Å²) < 4.78 is 40.0. The SMILES string of the molecule is O=C(NNc1ccnc(F)c1)C(F)(F)C1(O)CCC1. The van der Waals surface area contributed by atoms with Gasteiger partial charge in [0.1, 0.15) is 5.60 Å². The molecule has 0 spiro atoms. The summed E-state index contributed by atoms with van der Waals surface area (Å²) in [6, 6.07) is 2.22. The van der Waals surface area contributed by atoms with Gasteiger partial charge in [-0.3, -0.25) is 15.6 Å². The predicted molar refractivity (Wildman–Crippen MR) is 59.7 cm³/mol. The molecule has 2 rings (SSSR count). The number of carbonyl (C=O) groups is 1. The quantitative estimate of drug-likeness (QED) is 0.570. The molecule has 1 heterocycles. The Bertz CT molecular complexity index is 492. The molecule has 0 unspecified atom stereocenters. The van der Waals surface area contributed by atoms with E-state index >= 15 is 0 Å². The molecule has 0 bridgehead atoms. The third-order valence-electron chi connectivity index (χ3n) is 3.10. The number of nitrogens with zero attached hydrogens (tertiary/aromatic N) is 1. The molecule has 104 valence electrons. The molecule has 0 atom stereocenters. The van der Waals surface area contributed by atoms with Crippen LogP contribution in [0.5, 0.6) is 0 Å². The molecule has 0 aliphatic heterocycles. The fourth-order valence-corrected chi connectivity index (χ4v) is 1.72. The number of nitrogens with one attached hydrogen (secondary N) is 2. The minimum Gasteiger partial charge on any atom is -0.383 e. The van der Waals surface area contributed by atoms with Crippen molar-refractivity contribution in [2.45, 2.75) is 30.8 Å². The van der Waals surface area contributed by atoms with Gasteiger partial charge >= 0.3 is 11.8 Å². The lowest BCUT2D eigenvalue weighted by molar-refractivity contribution is -0.215. The molecule has 3 N–H and O–H groups in total. The van der Waals surface area contributed by atoms with Crippen molar-refractivity contribution in [3.63, 3.8) is 0 Å². The Balaban J connectivity index is 1.98. The van der Waals surface area contributed by atoms with Crippen molar-refractivity contribution < 1.29 is 23.1 Å². The first-order valence-corrected chi connectivity index (χ1v) is 5.63. The zero-order valence-corrected chi connectivity index (χ0v) is 9.79. The van der Waals surface area contributed by atoms with Crippen LogP contribution in [0.4, 0.5) is 18.9 Å². The van der Waals surface area contributed by atoms with Crippen LogP contribution in [0.15, 0.2) is 18.3 Å². The number of rotatable bonds is 4. The van der Waals surface area contributed by atoms with Crippen LogP contribution in [0.1, 0.15) is 19.3 Å². The van der Waals surface area contributed by atoms with Crippen molar-refractivity contribution in [2.24, 2.45) is 0 Å². The largest absolute Gasteiger partial charge is 0.383 e. The lowest BCUT2D eigenvalue weighted by Gasteiger charge is -2.41. The van der Waals surface area contributed by atoms with E-state index in [9.17, 15) is 23.1 Å².